The molecule has 0 aliphatic carbocycles. The first-order valence-electron chi connectivity index (χ1n) is 5.64. The highest BCUT2D eigenvalue weighted by atomic mass is 16.5. The highest BCUT2D eigenvalue weighted by Gasteiger charge is 2.06. The second-order valence-electron chi connectivity index (χ2n) is 3.99. The van der Waals surface area contributed by atoms with E-state index in [-0.39, 0.29) is 18.8 Å². The molecule has 0 saturated heterocycles. The third-order valence-corrected chi connectivity index (χ3v) is 2.40. The first-order chi connectivity index (χ1) is 8.13. The molecule has 0 saturated carbocycles. The molecule has 17 heavy (non-hydrogen) atoms. The molecular weight excluding hydrogens is 216 g/mol. The SMILES string of the molecule is CC(O)CNC(C)c1ccc(OCC#N)cc1. The molecule has 0 aliphatic heterocycles. The topological polar surface area (TPSA) is 65.3 Å². The summed E-state index contributed by atoms with van der Waals surface area (Å²) < 4.78 is 5.17. The Morgan fingerprint density at radius 2 is 2.00 bits per heavy atom. The second kappa shape index (κ2) is 6.89. The summed E-state index contributed by atoms with van der Waals surface area (Å²) in [5.74, 6) is 0.693. The highest BCUT2D eigenvalue weighted by molar-refractivity contribution is 5.29. The molecule has 0 fully saturated rings. The molecule has 1 aromatic carbocycles. The van der Waals surface area contributed by atoms with Gasteiger partial charge in [0.1, 0.15) is 11.8 Å². The van der Waals surface area contributed by atoms with E-state index < -0.39 is 0 Å². The van der Waals surface area contributed by atoms with Gasteiger partial charge in [0, 0.05) is 12.6 Å². The predicted octanol–water partition coefficient (Wildman–Crippen LogP) is 1.62. The average molecular weight is 234 g/mol. The number of ether oxygens (including phenoxy) is 1. The quantitative estimate of drug-likeness (QED) is 0.785. The molecule has 0 amide bonds. The third-order valence-electron chi connectivity index (χ3n) is 2.40. The number of aliphatic hydroxyl groups is 1. The Balaban J connectivity index is 2.52. The molecule has 0 spiro atoms. The van der Waals surface area contributed by atoms with Crippen molar-refractivity contribution < 1.29 is 9.84 Å². The van der Waals surface area contributed by atoms with Crippen LogP contribution in [0.15, 0.2) is 24.3 Å². The molecule has 0 bridgehead atoms. The number of benzene rings is 1. The Morgan fingerprint density at radius 1 is 1.35 bits per heavy atom. The van der Waals surface area contributed by atoms with Gasteiger partial charge < -0.3 is 15.2 Å². The van der Waals surface area contributed by atoms with Gasteiger partial charge >= 0.3 is 0 Å². The number of nitrogens with one attached hydrogen (secondary N) is 1. The molecule has 0 radical (unpaired) electrons. The van der Waals surface area contributed by atoms with Gasteiger partial charge in [0.25, 0.3) is 0 Å². The Kier molecular flexibility index (Phi) is 5.47. The normalized spacial score (nSPS) is 13.8. The summed E-state index contributed by atoms with van der Waals surface area (Å²) in [4.78, 5) is 0. The van der Waals surface area contributed by atoms with E-state index in [0.717, 1.165) is 5.56 Å². The highest BCUT2D eigenvalue weighted by Crippen LogP contribution is 2.17. The summed E-state index contributed by atoms with van der Waals surface area (Å²) in [6.07, 6.45) is -0.351. The van der Waals surface area contributed by atoms with Crippen molar-refractivity contribution in [1.82, 2.24) is 5.32 Å². The molecule has 1 rings (SSSR count). The van der Waals surface area contributed by atoms with Crippen molar-refractivity contribution in [2.75, 3.05) is 13.2 Å². The minimum Gasteiger partial charge on any atom is -0.479 e. The van der Waals surface area contributed by atoms with Crippen LogP contribution >= 0.6 is 0 Å². The van der Waals surface area contributed by atoms with Crippen LogP contribution in [0.1, 0.15) is 25.5 Å². The van der Waals surface area contributed by atoms with Gasteiger partial charge in [-0.25, -0.2) is 0 Å². The maximum absolute atomic E-state index is 9.18. The lowest BCUT2D eigenvalue weighted by molar-refractivity contribution is 0.187. The Labute approximate surface area is 102 Å². The van der Waals surface area contributed by atoms with Crippen LogP contribution in [0, 0.1) is 11.3 Å². The van der Waals surface area contributed by atoms with Crippen molar-refractivity contribution in [3.05, 3.63) is 29.8 Å². The zero-order valence-corrected chi connectivity index (χ0v) is 10.2. The Bertz CT molecular complexity index is 368. The molecule has 2 atom stereocenters. The summed E-state index contributed by atoms with van der Waals surface area (Å²) in [7, 11) is 0. The van der Waals surface area contributed by atoms with Crippen molar-refractivity contribution in [3.8, 4) is 11.8 Å². The first kappa shape index (κ1) is 13.5. The summed E-state index contributed by atoms with van der Waals surface area (Å²) in [5, 5.41) is 20.8. The number of nitrogens with zero attached hydrogens (tertiary/aromatic N) is 1. The molecule has 0 aromatic heterocycles. The van der Waals surface area contributed by atoms with Crippen molar-refractivity contribution in [2.24, 2.45) is 0 Å². The van der Waals surface area contributed by atoms with Gasteiger partial charge in [-0.3, -0.25) is 0 Å². The van der Waals surface area contributed by atoms with Crippen LogP contribution in [0.2, 0.25) is 0 Å². The predicted molar refractivity (Wildman–Crippen MR) is 65.6 cm³/mol. The van der Waals surface area contributed by atoms with E-state index in [2.05, 4.69) is 5.32 Å². The van der Waals surface area contributed by atoms with E-state index in [9.17, 15) is 5.11 Å². The number of nitriles is 1. The van der Waals surface area contributed by atoms with E-state index in [1.807, 2.05) is 37.3 Å². The van der Waals surface area contributed by atoms with Crippen molar-refractivity contribution in [2.45, 2.75) is 26.0 Å². The van der Waals surface area contributed by atoms with Crippen molar-refractivity contribution in [1.29, 1.82) is 5.26 Å². The molecule has 92 valence electrons. The van der Waals surface area contributed by atoms with Crippen LogP contribution in [0.5, 0.6) is 5.75 Å². The van der Waals surface area contributed by atoms with Crippen LogP contribution in [0.4, 0.5) is 0 Å². The van der Waals surface area contributed by atoms with Crippen LogP contribution in [-0.4, -0.2) is 24.4 Å². The maximum Gasteiger partial charge on any atom is 0.174 e. The van der Waals surface area contributed by atoms with E-state index in [4.69, 9.17) is 10.00 Å². The lowest BCUT2D eigenvalue weighted by Crippen LogP contribution is -2.27. The largest absolute Gasteiger partial charge is 0.479 e. The standard InChI is InChI=1S/C13H18N2O2/c1-10(16)9-15-11(2)12-3-5-13(6-4-12)17-8-7-14/h3-6,10-11,15-16H,8-9H2,1-2H3. The van der Waals surface area contributed by atoms with Crippen LogP contribution in [0.25, 0.3) is 0 Å². The molecule has 0 aliphatic rings. The average Bonchev–Trinajstić information content (AvgIpc) is 2.34. The minimum atomic E-state index is -0.351. The molecule has 1 aromatic rings. The second-order valence-corrected chi connectivity index (χ2v) is 3.99. The number of hydrogen-bond acceptors (Lipinski definition) is 4. The minimum absolute atomic E-state index is 0.0647. The lowest BCUT2D eigenvalue weighted by atomic mass is 10.1. The number of rotatable bonds is 6. The number of hydrogen-bond donors (Lipinski definition) is 2. The van der Waals surface area contributed by atoms with Gasteiger partial charge in [-0.2, -0.15) is 5.26 Å². The first-order valence-corrected chi connectivity index (χ1v) is 5.64. The fraction of sp³-hybridized carbons (Fsp3) is 0.462. The smallest absolute Gasteiger partial charge is 0.174 e. The molecule has 2 unspecified atom stereocenters. The van der Waals surface area contributed by atoms with Crippen LogP contribution < -0.4 is 10.1 Å². The summed E-state index contributed by atoms with van der Waals surface area (Å²) in [5.41, 5.74) is 1.12. The van der Waals surface area contributed by atoms with E-state index in [0.29, 0.717) is 12.3 Å². The van der Waals surface area contributed by atoms with Crippen molar-refractivity contribution >= 4 is 0 Å². The molecule has 4 nitrogen and oxygen atoms in total. The Morgan fingerprint density at radius 3 is 2.53 bits per heavy atom. The summed E-state index contributed by atoms with van der Waals surface area (Å²) >= 11 is 0. The van der Waals surface area contributed by atoms with Gasteiger partial charge in [0.2, 0.25) is 0 Å². The monoisotopic (exact) mass is 234 g/mol. The lowest BCUT2D eigenvalue weighted by Gasteiger charge is -2.15. The molecule has 0 heterocycles. The maximum atomic E-state index is 9.18. The van der Waals surface area contributed by atoms with Gasteiger partial charge in [0.05, 0.1) is 6.10 Å². The van der Waals surface area contributed by atoms with E-state index in [1.165, 1.54) is 0 Å². The van der Waals surface area contributed by atoms with E-state index in [1.54, 1.807) is 6.92 Å². The summed E-state index contributed by atoms with van der Waals surface area (Å²) in [6.45, 7) is 4.41. The van der Waals surface area contributed by atoms with Crippen LogP contribution in [0.3, 0.4) is 0 Å². The van der Waals surface area contributed by atoms with Crippen molar-refractivity contribution in [3.63, 3.8) is 0 Å². The molecule has 2 N–H and O–H groups in total. The van der Waals surface area contributed by atoms with Crippen LogP contribution in [-0.2, 0) is 0 Å². The van der Waals surface area contributed by atoms with E-state index >= 15 is 0 Å². The van der Waals surface area contributed by atoms with Gasteiger partial charge in [0.15, 0.2) is 6.61 Å². The molecular formula is C13H18N2O2. The number of aliphatic hydroxyl groups excluding tert-OH is 1. The summed E-state index contributed by atoms with van der Waals surface area (Å²) in [6, 6.07) is 9.68. The Hall–Kier alpha value is -1.57. The molecule has 4 heteroatoms. The fourth-order valence-corrected chi connectivity index (χ4v) is 1.43. The van der Waals surface area contributed by atoms with Gasteiger partial charge in [-0.05, 0) is 31.5 Å². The van der Waals surface area contributed by atoms with Gasteiger partial charge in [-0.1, -0.05) is 12.1 Å². The fourth-order valence-electron chi connectivity index (χ4n) is 1.43. The zero-order valence-electron chi connectivity index (χ0n) is 10.2. The third kappa shape index (κ3) is 4.85. The van der Waals surface area contributed by atoms with Gasteiger partial charge in [-0.15, -0.1) is 0 Å². The zero-order chi connectivity index (χ0) is 12.7.